The predicted octanol–water partition coefficient (Wildman–Crippen LogP) is 2.79. The number of para-hydroxylation sites is 1. The van der Waals surface area contributed by atoms with Gasteiger partial charge in [-0.1, -0.05) is 18.2 Å². The van der Waals surface area contributed by atoms with Gasteiger partial charge in [0.1, 0.15) is 5.82 Å². The van der Waals surface area contributed by atoms with E-state index in [1.54, 1.807) is 0 Å². The molecule has 2 heterocycles. The quantitative estimate of drug-likeness (QED) is 0.940. The van der Waals surface area contributed by atoms with Gasteiger partial charge in [0.05, 0.1) is 11.9 Å². The van der Waals surface area contributed by atoms with E-state index in [4.69, 9.17) is 0 Å². The standard InChI is InChI=1S/C17H24N4.ClH/c1-14-19-11-17(21(14)16-8-4-3-5-9-16)13-20-10-6-7-15(12-20)18-2;/h3-5,8-9,11,15,18H,6-7,10,12-13H2,1-2H3;1H. The highest BCUT2D eigenvalue weighted by Crippen LogP contribution is 2.18. The topological polar surface area (TPSA) is 33.1 Å². The molecule has 1 N–H and O–H groups in total. The summed E-state index contributed by atoms with van der Waals surface area (Å²) < 4.78 is 2.27. The molecule has 1 atom stereocenters. The molecular formula is C17H25ClN4. The van der Waals surface area contributed by atoms with Crippen LogP contribution in [0.5, 0.6) is 0 Å². The highest BCUT2D eigenvalue weighted by Gasteiger charge is 2.20. The monoisotopic (exact) mass is 320 g/mol. The fourth-order valence-electron chi connectivity index (χ4n) is 3.20. The number of halogens is 1. The first-order chi connectivity index (χ1) is 10.3. The number of nitrogens with zero attached hydrogens (tertiary/aromatic N) is 3. The summed E-state index contributed by atoms with van der Waals surface area (Å²) in [6.45, 7) is 5.34. The molecule has 1 aromatic heterocycles. The Morgan fingerprint density at radius 3 is 2.77 bits per heavy atom. The Labute approximate surface area is 139 Å². The smallest absolute Gasteiger partial charge is 0.110 e. The summed E-state index contributed by atoms with van der Waals surface area (Å²) >= 11 is 0. The van der Waals surface area contributed by atoms with Gasteiger partial charge >= 0.3 is 0 Å². The number of piperidine rings is 1. The largest absolute Gasteiger partial charge is 0.316 e. The van der Waals surface area contributed by atoms with Crippen LogP contribution in [0, 0.1) is 6.92 Å². The highest BCUT2D eigenvalue weighted by molar-refractivity contribution is 5.85. The van der Waals surface area contributed by atoms with Gasteiger partial charge in [0.15, 0.2) is 0 Å². The van der Waals surface area contributed by atoms with Gasteiger partial charge in [-0.3, -0.25) is 9.47 Å². The van der Waals surface area contributed by atoms with Crippen LogP contribution in [-0.4, -0.2) is 40.6 Å². The third-order valence-electron chi connectivity index (χ3n) is 4.32. The molecule has 0 bridgehead atoms. The van der Waals surface area contributed by atoms with Crippen LogP contribution in [0.3, 0.4) is 0 Å². The maximum absolute atomic E-state index is 4.52. The number of benzene rings is 1. The van der Waals surface area contributed by atoms with E-state index in [1.807, 2.05) is 6.20 Å². The molecule has 0 radical (unpaired) electrons. The summed E-state index contributed by atoms with van der Waals surface area (Å²) in [7, 11) is 2.06. The van der Waals surface area contributed by atoms with E-state index < -0.39 is 0 Å². The van der Waals surface area contributed by atoms with Gasteiger partial charge in [0, 0.05) is 24.8 Å². The summed E-state index contributed by atoms with van der Waals surface area (Å²) in [6.07, 6.45) is 4.57. The van der Waals surface area contributed by atoms with Crippen molar-refractivity contribution in [1.82, 2.24) is 19.8 Å². The molecule has 22 heavy (non-hydrogen) atoms. The molecule has 0 saturated carbocycles. The molecule has 3 rings (SSSR count). The summed E-state index contributed by atoms with van der Waals surface area (Å²) in [5.41, 5.74) is 2.47. The number of hydrogen-bond donors (Lipinski definition) is 1. The van der Waals surface area contributed by atoms with Crippen LogP contribution in [0.15, 0.2) is 36.5 Å². The van der Waals surface area contributed by atoms with Gasteiger partial charge < -0.3 is 5.32 Å². The predicted molar refractivity (Wildman–Crippen MR) is 92.9 cm³/mol. The first-order valence-corrected chi connectivity index (χ1v) is 7.76. The lowest BCUT2D eigenvalue weighted by Gasteiger charge is -2.32. The fraction of sp³-hybridized carbons (Fsp3) is 0.471. The second-order valence-electron chi connectivity index (χ2n) is 5.83. The zero-order valence-corrected chi connectivity index (χ0v) is 14.1. The highest BCUT2D eigenvalue weighted by atomic mass is 35.5. The van der Waals surface area contributed by atoms with Crippen molar-refractivity contribution in [2.75, 3.05) is 20.1 Å². The molecule has 0 spiro atoms. The van der Waals surface area contributed by atoms with Crippen molar-refractivity contribution in [3.63, 3.8) is 0 Å². The fourth-order valence-corrected chi connectivity index (χ4v) is 3.20. The van der Waals surface area contributed by atoms with Gasteiger partial charge in [0.2, 0.25) is 0 Å². The summed E-state index contributed by atoms with van der Waals surface area (Å²) in [6, 6.07) is 11.1. The van der Waals surface area contributed by atoms with Crippen LogP contribution in [0.2, 0.25) is 0 Å². The lowest BCUT2D eigenvalue weighted by molar-refractivity contribution is 0.185. The molecule has 2 aromatic rings. The Balaban J connectivity index is 0.00000176. The Bertz CT molecular complexity index is 582. The van der Waals surface area contributed by atoms with Crippen LogP contribution in [0.1, 0.15) is 24.4 Å². The average molecular weight is 321 g/mol. The van der Waals surface area contributed by atoms with Crippen molar-refractivity contribution in [2.45, 2.75) is 32.4 Å². The molecule has 1 aromatic carbocycles. The van der Waals surface area contributed by atoms with Crippen LogP contribution >= 0.6 is 12.4 Å². The van der Waals surface area contributed by atoms with Crippen molar-refractivity contribution < 1.29 is 0 Å². The van der Waals surface area contributed by atoms with Gasteiger partial charge in [-0.2, -0.15) is 0 Å². The number of likely N-dealkylation sites (N-methyl/N-ethyl adjacent to an activating group) is 1. The maximum atomic E-state index is 4.52. The van der Waals surface area contributed by atoms with Crippen molar-refractivity contribution in [3.05, 3.63) is 48.0 Å². The lowest BCUT2D eigenvalue weighted by Crippen LogP contribution is -2.44. The lowest BCUT2D eigenvalue weighted by atomic mass is 10.1. The molecule has 1 saturated heterocycles. The summed E-state index contributed by atoms with van der Waals surface area (Å²) in [4.78, 5) is 7.05. The number of aryl methyl sites for hydroxylation is 1. The number of hydrogen-bond acceptors (Lipinski definition) is 3. The van der Waals surface area contributed by atoms with Gasteiger partial charge in [-0.05, 0) is 45.5 Å². The summed E-state index contributed by atoms with van der Waals surface area (Å²) in [5, 5.41) is 3.41. The van der Waals surface area contributed by atoms with Crippen molar-refractivity contribution >= 4 is 12.4 Å². The molecule has 1 aliphatic rings. The molecule has 1 unspecified atom stereocenters. The number of aromatic nitrogens is 2. The average Bonchev–Trinajstić information content (AvgIpc) is 2.89. The zero-order valence-electron chi connectivity index (χ0n) is 13.3. The van der Waals surface area contributed by atoms with E-state index in [-0.39, 0.29) is 12.4 Å². The second kappa shape index (κ2) is 7.77. The molecule has 1 fully saturated rings. The molecule has 120 valence electrons. The SMILES string of the molecule is CNC1CCCN(Cc2cnc(C)n2-c2ccccc2)C1.Cl. The third-order valence-corrected chi connectivity index (χ3v) is 4.32. The molecule has 0 aliphatic carbocycles. The Hall–Kier alpha value is -1.36. The van der Waals surface area contributed by atoms with Crippen molar-refractivity contribution in [2.24, 2.45) is 0 Å². The second-order valence-corrected chi connectivity index (χ2v) is 5.83. The Morgan fingerprint density at radius 1 is 1.27 bits per heavy atom. The first kappa shape index (κ1) is 17.0. The van der Waals surface area contributed by atoms with Crippen molar-refractivity contribution in [1.29, 1.82) is 0 Å². The number of rotatable bonds is 4. The van der Waals surface area contributed by atoms with E-state index in [9.17, 15) is 0 Å². The number of imidazole rings is 1. The van der Waals surface area contributed by atoms with Crippen LogP contribution in [-0.2, 0) is 6.54 Å². The minimum atomic E-state index is 0. The van der Waals surface area contributed by atoms with Crippen LogP contribution in [0.4, 0.5) is 0 Å². The molecule has 4 nitrogen and oxygen atoms in total. The van der Waals surface area contributed by atoms with Crippen molar-refractivity contribution in [3.8, 4) is 5.69 Å². The molecule has 5 heteroatoms. The molecule has 1 aliphatic heterocycles. The van der Waals surface area contributed by atoms with E-state index in [2.05, 4.69) is 64.1 Å². The third kappa shape index (κ3) is 3.69. The van der Waals surface area contributed by atoms with Gasteiger partial charge in [-0.25, -0.2) is 4.98 Å². The van der Waals surface area contributed by atoms with Crippen LogP contribution in [0.25, 0.3) is 5.69 Å². The maximum Gasteiger partial charge on any atom is 0.110 e. The zero-order chi connectivity index (χ0) is 14.7. The molecule has 0 amide bonds. The van der Waals surface area contributed by atoms with Gasteiger partial charge in [0.25, 0.3) is 0 Å². The van der Waals surface area contributed by atoms with Gasteiger partial charge in [-0.15, -0.1) is 12.4 Å². The summed E-state index contributed by atoms with van der Waals surface area (Å²) in [5.74, 6) is 1.05. The Kier molecular flexibility index (Phi) is 6.00. The van der Waals surface area contributed by atoms with E-state index >= 15 is 0 Å². The van der Waals surface area contributed by atoms with Crippen LogP contribution < -0.4 is 5.32 Å². The minimum absolute atomic E-state index is 0. The van der Waals surface area contributed by atoms with E-state index in [0.29, 0.717) is 6.04 Å². The Morgan fingerprint density at radius 2 is 2.05 bits per heavy atom. The van der Waals surface area contributed by atoms with E-state index in [0.717, 1.165) is 18.9 Å². The number of nitrogens with one attached hydrogen (secondary N) is 1. The first-order valence-electron chi connectivity index (χ1n) is 7.76. The van der Waals surface area contributed by atoms with E-state index in [1.165, 1.54) is 30.8 Å². The minimum Gasteiger partial charge on any atom is -0.316 e. The number of likely N-dealkylation sites (tertiary alicyclic amines) is 1. The molecular weight excluding hydrogens is 296 g/mol. The normalized spacial score (nSPS) is 18.9.